The largest absolute Gasteiger partial charge is 0.492 e. The number of amides is 1. The zero-order valence-corrected chi connectivity index (χ0v) is 19.4. The van der Waals surface area contributed by atoms with Crippen molar-refractivity contribution in [1.82, 2.24) is 4.90 Å². The van der Waals surface area contributed by atoms with E-state index in [9.17, 15) is 22.8 Å². The Hall–Kier alpha value is -2.05. The van der Waals surface area contributed by atoms with Crippen molar-refractivity contribution in [2.75, 3.05) is 20.2 Å². The van der Waals surface area contributed by atoms with Gasteiger partial charge in [-0.3, -0.25) is 9.59 Å². The second-order valence-electron chi connectivity index (χ2n) is 8.24. The molecule has 1 aromatic rings. The zero-order chi connectivity index (χ0) is 23.8. The molecule has 1 amide bonds. The van der Waals surface area contributed by atoms with E-state index in [2.05, 4.69) is 6.92 Å². The van der Waals surface area contributed by atoms with Crippen molar-refractivity contribution in [3.63, 3.8) is 0 Å². The average Bonchev–Trinajstić information content (AvgIpc) is 2.81. The minimum atomic E-state index is -2.54. The quantitative estimate of drug-likeness (QED) is 0.191. The summed E-state index contributed by atoms with van der Waals surface area (Å²) in [5.41, 5.74) is -0.0670. The molecule has 0 spiro atoms. The van der Waals surface area contributed by atoms with Crippen LogP contribution in [-0.2, 0) is 9.59 Å². The fourth-order valence-corrected chi connectivity index (χ4v) is 3.37. The van der Waals surface area contributed by atoms with Crippen LogP contribution in [0.3, 0.4) is 0 Å². The van der Waals surface area contributed by atoms with Gasteiger partial charge in [-0.2, -0.15) is 0 Å². The van der Waals surface area contributed by atoms with Crippen molar-refractivity contribution in [3.8, 4) is 5.75 Å². The lowest BCUT2D eigenvalue weighted by Gasteiger charge is -2.18. The molecule has 0 heterocycles. The Balaban J connectivity index is 2.20. The molecule has 0 aromatic heterocycles. The summed E-state index contributed by atoms with van der Waals surface area (Å²) in [6, 6.07) is 5.49. The van der Waals surface area contributed by atoms with Gasteiger partial charge in [-0.15, -0.1) is 0 Å². The Morgan fingerprint density at radius 3 is 2.09 bits per heavy atom. The minimum absolute atomic E-state index is 0.0670. The molecule has 3 unspecified atom stereocenters. The average molecular weight is 458 g/mol. The summed E-state index contributed by atoms with van der Waals surface area (Å²) in [6.07, 6.45) is 3.88. The van der Waals surface area contributed by atoms with Crippen LogP contribution in [0.4, 0.5) is 13.2 Å². The third kappa shape index (κ3) is 11.0. The van der Waals surface area contributed by atoms with Crippen LogP contribution in [0, 0.1) is 0 Å². The van der Waals surface area contributed by atoms with Crippen molar-refractivity contribution in [1.29, 1.82) is 0 Å². The Bertz CT molecular complexity index is 642. The van der Waals surface area contributed by atoms with Gasteiger partial charge in [0.15, 0.2) is 24.8 Å². The van der Waals surface area contributed by atoms with Crippen LogP contribution in [0.25, 0.3) is 0 Å². The number of aldehydes is 1. The summed E-state index contributed by atoms with van der Waals surface area (Å²) in [6.45, 7) is 2.90. The fourth-order valence-electron chi connectivity index (χ4n) is 3.37. The van der Waals surface area contributed by atoms with Gasteiger partial charge < -0.3 is 9.64 Å². The summed E-state index contributed by atoms with van der Waals surface area (Å²) in [5, 5.41) is 0. The predicted octanol–water partition coefficient (Wildman–Crippen LogP) is 6.33. The van der Waals surface area contributed by atoms with E-state index >= 15 is 0 Å². The number of ether oxygens (including phenoxy) is 1. The molecule has 0 aliphatic heterocycles. The molecule has 0 bridgehead atoms. The van der Waals surface area contributed by atoms with E-state index in [-0.39, 0.29) is 24.4 Å². The molecule has 1 aromatic carbocycles. The van der Waals surface area contributed by atoms with Gasteiger partial charge in [-0.25, -0.2) is 13.2 Å². The van der Waals surface area contributed by atoms with Crippen LogP contribution < -0.4 is 4.74 Å². The highest BCUT2D eigenvalue weighted by Crippen LogP contribution is 2.28. The molecule has 0 fully saturated rings. The van der Waals surface area contributed by atoms with Crippen LogP contribution in [0.5, 0.6) is 5.75 Å². The number of carbonyl (C=O) groups excluding carboxylic acids is 2. The molecule has 1 rings (SSSR count). The Morgan fingerprint density at radius 1 is 0.969 bits per heavy atom. The summed E-state index contributed by atoms with van der Waals surface area (Å²) < 4.78 is 46.0. The summed E-state index contributed by atoms with van der Waals surface area (Å²) in [5.74, 6) is 0.514. The number of halogens is 3. The first kappa shape index (κ1) is 28.0. The molecule has 0 radical (unpaired) electrons. The van der Waals surface area contributed by atoms with Crippen molar-refractivity contribution in [2.45, 2.75) is 89.6 Å². The van der Waals surface area contributed by atoms with Gasteiger partial charge in [0.2, 0.25) is 5.91 Å². The van der Waals surface area contributed by atoms with Crippen molar-refractivity contribution in [2.24, 2.45) is 0 Å². The monoisotopic (exact) mass is 457 g/mol. The Kier molecular flexibility index (Phi) is 14.5. The minimum Gasteiger partial charge on any atom is -0.492 e. The van der Waals surface area contributed by atoms with E-state index in [1.807, 2.05) is 0 Å². The maximum absolute atomic E-state index is 13.9. The normalized spacial score (nSPS) is 13.9. The number of likely N-dealkylation sites (N-methyl/N-ethyl adjacent to an activating group) is 1. The molecule has 0 N–H and O–H groups in total. The lowest BCUT2D eigenvalue weighted by molar-refractivity contribution is -0.130. The second-order valence-corrected chi connectivity index (χ2v) is 8.24. The Morgan fingerprint density at radius 2 is 1.53 bits per heavy atom. The number of carbonyl (C=O) groups is 2. The van der Waals surface area contributed by atoms with Crippen molar-refractivity contribution in [3.05, 3.63) is 29.8 Å². The first-order valence-corrected chi connectivity index (χ1v) is 11.7. The third-order valence-electron chi connectivity index (χ3n) is 5.53. The van der Waals surface area contributed by atoms with Crippen LogP contribution in [0.2, 0.25) is 0 Å². The smallest absolute Gasteiger partial charge is 0.222 e. The maximum Gasteiger partial charge on any atom is 0.222 e. The SMILES string of the molecule is CCCCCCCCCCCC(=O)N(C)CCOc1ccc(C(F)C(F)C(F)C=O)cc1. The van der Waals surface area contributed by atoms with Crippen LogP contribution in [-0.4, -0.2) is 49.6 Å². The van der Waals surface area contributed by atoms with Crippen LogP contribution in [0.15, 0.2) is 24.3 Å². The molecule has 182 valence electrons. The van der Waals surface area contributed by atoms with Crippen LogP contribution in [0.1, 0.15) is 82.9 Å². The Labute approximate surface area is 190 Å². The topological polar surface area (TPSA) is 46.6 Å². The first-order chi connectivity index (χ1) is 15.4. The molecular formula is C25H38F3NO3. The number of hydrogen-bond acceptors (Lipinski definition) is 3. The standard InChI is InChI=1S/C25H38F3NO3/c1-3-4-5-6-7-8-9-10-11-12-23(31)29(2)17-18-32-21-15-13-20(14-16-21)24(27)25(28)22(26)19-30/h13-16,19,22,24-25H,3-12,17-18H2,1-2H3. The second kappa shape index (κ2) is 16.6. The molecule has 7 heteroatoms. The van der Waals surface area contributed by atoms with Gasteiger partial charge in [0.05, 0.1) is 6.54 Å². The van der Waals surface area contributed by atoms with Gasteiger partial charge in [-0.1, -0.05) is 70.4 Å². The molecular weight excluding hydrogens is 419 g/mol. The maximum atomic E-state index is 13.9. The van der Waals surface area contributed by atoms with E-state index in [1.165, 1.54) is 69.2 Å². The van der Waals surface area contributed by atoms with Crippen LogP contribution >= 0.6 is 0 Å². The van der Waals surface area contributed by atoms with Crippen molar-refractivity contribution < 1.29 is 27.5 Å². The number of unbranched alkanes of at least 4 members (excludes halogenated alkanes) is 8. The van der Waals surface area contributed by atoms with Gasteiger partial charge in [0, 0.05) is 13.5 Å². The number of benzene rings is 1. The van der Waals surface area contributed by atoms with E-state index in [1.54, 1.807) is 11.9 Å². The molecule has 3 atom stereocenters. The number of alkyl halides is 3. The highest BCUT2D eigenvalue weighted by molar-refractivity contribution is 5.75. The zero-order valence-electron chi connectivity index (χ0n) is 19.4. The first-order valence-electron chi connectivity index (χ1n) is 11.7. The summed E-state index contributed by atoms with van der Waals surface area (Å²) in [7, 11) is 1.73. The molecule has 0 saturated carbocycles. The number of nitrogens with zero attached hydrogens (tertiary/aromatic N) is 1. The molecule has 4 nitrogen and oxygen atoms in total. The number of hydrogen-bond donors (Lipinski definition) is 0. The van der Waals surface area contributed by atoms with Crippen molar-refractivity contribution >= 4 is 12.2 Å². The third-order valence-corrected chi connectivity index (χ3v) is 5.53. The lowest BCUT2D eigenvalue weighted by atomic mass is 10.0. The lowest BCUT2D eigenvalue weighted by Crippen LogP contribution is -2.30. The van der Waals surface area contributed by atoms with E-state index in [4.69, 9.17) is 4.74 Å². The highest BCUT2D eigenvalue weighted by atomic mass is 19.2. The molecule has 0 aliphatic rings. The predicted molar refractivity (Wildman–Crippen MR) is 121 cm³/mol. The number of rotatable bonds is 18. The van der Waals surface area contributed by atoms with Gasteiger partial charge in [-0.05, 0) is 24.1 Å². The molecule has 0 aliphatic carbocycles. The van der Waals surface area contributed by atoms with Gasteiger partial charge in [0.1, 0.15) is 12.4 Å². The van der Waals surface area contributed by atoms with E-state index < -0.39 is 18.5 Å². The van der Waals surface area contributed by atoms with Gasteiger partial charge in [0.25, 0.3) is 0 Å². The van der Waals surface area contributed by atoms with E-state index in [0.29, 0.717) is 18.7 Å². The highest BCUT2D eigenvalue weighted by Gasteiger charge is 2.30. The molecule has 32 heavy (non-hydrogen) atoms. The molecule has 0 saturated heterocycles. The fraction of sp³-hybridized carbons (Fsp3) is 0.680. The summed E-state index contributed by atoms with van der Waals surface area (Å²) >= 11 is 0. The summed E-state index contributed by atoms with van der Waals surface area (Å²) in [4.78, 5) is 24.1. The van der Waals surface area contributed by atoms with Gasteiger partial charge >= 0.3 is 0 Å². The van der Waals surface area contributed by atoms with E-state index in [0.717, 1.165) is 12.8 Å².